The maximum absolute atomic E-state index is 12.9. The van der Waals surface area contributed by atoms with Gasteiger partial charge in [0.15, 0.2) is 5.58 Å². The molecule has 1 amide bonds. The Kier molecular flexibility index (Phi) is 8.13. The fourth-order valence-corrected chi connectivity index (χ4v) is 4.25. The third-order valence-electron chi connectivity index (χ3n) is 6.47. The minimum Gasteiger partial charge on any atom is -0.408 e. The molecule has 2 N–H and O–H groups in total. The van der Waals surface area contributed by atoms with Gasteiger partial charge < -0.3 is 24.5 Å². The first-order valence-corrected chi connectivity index (χ1v) is 12.5. The van der Waals surface area contributed by atoms with Gasteiger partial charge in [-0.1, -0.05) is 44.2 Å². The van der Waals surface area contributed by atoms with Crippen LogP contribution < -0.4 is 16.4 Å². The molecule has 0 radical (unpaired) electrons. The summed E-state index contributed by atoms with van der Waals surface area (Å²) in [6.07, 6.45) is -0.329. The van der Waals surface area contributed by atoms with Gasteiger partial charge in [0.05, 0.1) is 18.2 Å². The summed E-state index contributed by atoms with van der Waals surface area (Å²) in [7, 11) is 1.67. The van der Waals surface area contributed by atoms with Crippen LogP contribution in [0.25, 0.3) is 22.2 Å². The van der Waals surface area contributed by atoms with Crippen molar-refractivity contribution >= 4 is 17.0 Å². The summed E-state index contributed by atoms with van der Waals surface area (Å²) in [5.74, 6) is -0.312. The van der Waals surface area contributed by atoms with Gasteiger partial charge in [-0.15, -0.1) is 0 Å². The molecule has 1 saturated heterocycles. The molecule has 4 rings (SSSR count). The minimum atomic E-state index is -0.698. The number of carbonyl (C=O) groups excluding carboxylic acids is 1. The van der Waals surface area contributed by atoms with Gasteiger partial charge in [0, 0.05) is 33.2 Å². The molecule has 9 heteroatoms. The van der Waals surface area contributed by atoms with E-state index in [4.69, 9.17) is 13.9 Å². The van der Waals surface area contributed by atoms with E-state index in [1.54, 1.807) is 13.1 Å². The number of ether oxygens (including phenoxy) is 2. The number of fused-ring (bicyclic) bond motifs is 1. The Hall–Kier alpha value is -3.45. The second kappa shape index (κ2) is 11.3. The van der Waals surface area contributed by atoms with E-state index in [1.165, 1.54) is 4.57 Å². The third kappa shape index (κ3) is 6.46. The second-order valence-corrected chi connectivity index (χ2v) is 10.3. The van der Waals surface area contributed by atoms with Crippen LogP contribution in [0.4, 0.5) is 0 Å². The smallest absolute Gasteiger partial charge is 0.408 e. The molecular formula is C28H34N4O5. The number of hydrogen-bond acceptors (Lipinski definition) is 7. The molecule has 2 heterocycles. The maximum atomic E-state index is 12.9. The molecule has 1 aliphatic heterocycles. The SMILES string of the molecule is CC(C)CO[C@]1(C)CNC[C@@H](C(=O)N[C@H](C#N)Cc2ccc(-c3ccc4oc(=O)n(C)c4c3)cc2)OC1. The van der Waals surface area contributed by atoms with Crippen molar-refractivity contribution in [1.82, 2.24) is 15.2 Å². The number of amides is 1. The van der Waals surface area contributed by atoms with E-state index in [-0.39, 0.29) is 5.91 Å². The molecule has 2 aromatic carbocycles. The van der Waals surface area contributed by atoms with Gasteiger partial charge in [-0.2, -0.15) is 5.26 Å². The molecule has 37 heavy (non-hydrogen) atoms. The first kappa shape index (κ1) is 26.6. The van der Waals surface area contributed by atoms with E-state index in [2.05, 4.69) is 30.6 Å². The van der Waals surface area contributed by atoms with E-state index in [1.807, 2.05) is 43.3 Å². The monoisotopic (exact) mass is 506 g/mol. The molecule has 0 saturated carbocycles. The molecule has 0 aliphatic carbocycles. The van der Waals surface area contributed by atoms with Crippen LogP contribution in [0, 0.1) is 17.2 Å². The molecule has 3 atom stereocenters. The van der Waals surface area contributed by atoms with Crippen LogP contribution in [0.2, 0.25) is 0 Å². The highest BCUT2D eigenvalue weighted by molar-refractivity contribution is 5.82. The van der Waals surface area contributed by atoms with E-state index >= 15 is 0 Å². The van der Waals surface area contributed by atoms with Crippen molar-refractivity contribution in [2.75, 3.05) is 26.3 Å². The molecule has 3 aromatic rings. The van der Waals surface area contributed by atoms with Gasteiger partial charge >= 0.3 is 5.76 Å². The molecule has 1 fully saturated rings. The predicted octanol–water partition coefficient (Wildman–Crippen LogP) is 2.77. The molecule has 0 spiro atoms. The Bertz CT molecular complexity index is 1340. The van der Waals surface area contributed by atoms with E-state index in [0.717, 1.165) is 22.2 Å². The highest BCUT2D eigenvalue weighted by Gasteiger charge is 2.33. The molecule has 1 aromatic heterocycles. The van der Waals surface area contributed by atoms with Crippen molar-refractivity contribution in [3.05, 3.63) is 58.6 Å². The summed E-state index contributed by atoms with van der Waals surface area (Å²) in [6.45, 7) is 7.99. The average Bonchev–Trinajstić information content (AvgIpc) is 3.03. The van der Waals surface area contributed by atoms with Crippen LogP contribution in [0.3, 0.4) is 0 Å². The summed E-state index contributed by atoms with van der Waals surface area (Å²) >= 11 is 0. The molecule has 196 valence electrons. The number of nitrogens with one attached hydrogen (secondary N) is 2. The van der Waals surface area contributed by atoms with Crippen molar-refractivity contribution in [3.63, 3.8) is 0 Å². The number of hydrogen-bond donors (Lipinski definition) is 2. The summed E-state index contributed by atoms with van der Waals surface area (Å²) in [4.78, 5) is 24.6. The van der Waals surface area contributed by atoms with Crippen molar-refractivity contribution in [2.24, 2.45) is 13.0 Å². The van der Waals surface area contributed by atoms with Gasteiger partial charge in [-0.3, -0.25) is 9.36 Å². The lowest BCUT2D eigenvalue weighted by atomic mass is 10.0. The van der Waals surface area contributed by atoms with Gasteiger partial charge in [0.25, 0.3) is 5.91 Å². The summed E-state index contributed by atoms with van der Waals surface area (Å²) in [5.41, 5.74) is 3.59. The van der Waals surface area contributed by atoms with E-state index < -0.39 is 23.5 Å². The highest BCUT2D eigenvalue weighted by Crippen LogP contribution is 2.24. The first-order chi connectivity index (χ1) is 17.7. The molecule has 0 bridgehead atoms. The summed E-state index contributed by atoms with van der Waals surface area (Å²) in [6, 6.07) is 14.9. The van der Waals surface area contributed by atoms with Crippen LogP contribution in [0.5, 0.6) is 0 Å². The number of carbonyl (C=O) groups is 1. The lowest BCUT2D eigenvalue weighted by Gasteiger charge is -2.29. The Morgan fingerprint density at radius 2 is 2.00 bits per heavy atom. The van der Waals surface area contributed by atoms with Crippen LogP contribution in [-0.2, 0) is 27.7 Å². The molecule has 0 unspecified atom stereocenters. The van der Waals surface area contributed by atoms with Crippen molar-refractivity contribution in [2.45, 2.75) is 44.9 Å². The minimum absolute atomic E-state index is 0.294. The van der Waals surface area contributed by atoms with Gasteiger partial charge in [-0.25, -0.2) is 4.79 Å². The van der Waals surface area contributed by atoms with Crippen LogP contribution in [0.1, 0.15) is 26.3 Å². The fourth-order valence-electron chi connectivity index (χ4n) is 4.25. The maximum Gasteiger partial charge on any atom is 0.419 e. The van der Waals surface area contributed by atoms with Crippen LogP contribution >= 0.6 is 0 Å². The van der Waals surface area contributed by atoms with Gasteiger partial charge in [-0.05, 0) is 41.7 Å². The number of rotatable bonds is 8. The van der Waals surface area contributed by atoms with Crippen molar-refractivity contribution < 1.29 is 18.7 Å². The van der Waals surface area contributed by atoms with Crippen LogP contribution in [0.15, 0.2) is 51.7 Å². The first-order valence-electron chi connectivity index (χ1n) is 12.5. The van der Waals surface area contributed by atoms with Crippen molar-refractivity contribution in [1.29, 1.82) is 5.26 Å². The number of oxazole rings is 1. The van der Waals surface area contributed by atoms with Gasteiger partial charge in [0.1, 0.15) is 17.7 Å². The zero-order valence-electron chi connectivity index (χ0n) is 21.7. The summed E-state index contributed by atoms with van der Waals surface area (Å²) in [5, 5.41) is 15.7. The quantitative estimate of drug-likeness (QED) is 0.482. The lowest BCUT2D eigenvalue weighted by molar-refractivity contribution is -0.138. The van der Waals surface area contributed by atoms with Gasteiger partial charge in [0.2, 0.25) is 0 Å². The Morgan fingerprint density at radius 3 is 2.70 bits per heavy atom. The Labute approximate surface area is 216 Å². The molecular weight excluding hydrogens is 472 g/mol. The van der Waals surface area contributed by atoms with E-state index in [0.29, 0.717) is 44.2 Å². The fraction of sp³-hybridized carbons (Fsp3) is 0.464. The van der Waals surface area contributed by atoms with Crippen molar-refractivity contribution in [3.8, 4) is 17.2 Å². The normalized spacial score (nSPS) is 20.9. The molecule has 1 aliphatic rings. The zero-order chi connectivity index (χ0) is 26.6. The largest absolute Gasteiger partial charge is 0.419 e. The number of nitriles is 1. The second-order valence-electron chi connectivity index (χ2n) is 10.3. The topological polar surface area (TPSA) is 119 Å². The standard InChI is InChI=1S/C28H34N4O5/c1-18(2)15-36-28(3)16-30-14-25(35-17-28)26(33)31-22(13-29)11-19-5-7-20(8-6-19)21-9-10-24-23(12-21)32(4)27(34)37-24/h5-10,12,18,22,25,30H,11,14-17H2,1-4H3,(H,31,33)/t22-,25-,28+/m0/s1. The third-order valence-corrected chi connectivity index (χ3v) is 6.47. The van der Waals surface area contributed by atoms with Crippen LogP contribution in [-0.4, -0.2) is 54.5 Å². The zero-order valence-corrected chi connectivity index (χ0v) is 21.7. The Balaban J connectivity index is 1.35. The van der Waals surface area contributed by atoms with E-state index in [9.17, 15) is 14.9 Å². The summed E-state index contributed by atoms with van der Waals surface area (Å²) < 4.78 is 18.5. The number of benzene rings is 2. The number of aryl methyl sites for hydroxylation is 1. The average molecular weight is 507 g/mol. The molecule has 9 nitrogen and oxygen atoms in total. The Morgan fingerprint density at radius 1 is 1.27 bits per heavy atom. The highest BCUT2D eigenvalue weighted by atomic mass is 16.6. The lowest BCUT2D eigenvalue weighted by Crippen LogP contribution is -2.46. The predicted molar refractivity (Wildman–Crippen MR) is 140 cm³/mol. The number of aromatic nitrogens is 1. The number of nitrogens with zero attached hydrogens (tertiary/aromatic N) is 2.